The maximum atomic E-state index is 5.27. The van der Waals surface area contributed by atoms with Gasteiger partial charge in [-0.15, -0.1) is 0 Å². The van der Waals surface area contributed by atoms with Crippen molar-refractivity contribution in [3.8, 4) is 0 Å². The fourth-order valence-electron chi connectivity index (χ4n) is 1.25. The highest BCUT2D eigenvalue weighted by molar-refractivity contribution is 5.08. The zero-order valence-corrected chi connectivity index (χ0v) is 8.71. The van der Waals surface area contributed by atoms with Gasteiger partial charge in [-0.05, 0) is 27.2 Å². The summed E-state index contributed by atoms with van der Waals surface area (Å²) in [4.78, 5) is 4.24. The highest BCUT2D eigenvalue weighted by atomic mass is 16.5. The summed E-state index contributed by atoms with van der Waals surface area (Å²) in [6.07, 6.45) is 2.96. The summed E-state index contributed by atoms with van der Waals surface area (Å²) in [6.45, 7) is 8.81. The fourth-order valence-corrected chi connectivity index (χ4v) is 1.25. The highest BCUT2D eigenvalue weighted by Crippen LogP contribution is 2.04. The van der Waals surface area contributed by atoms with Gasteiger partial charge in [-0.3, -0.25) is 0 Å². The summed E-state index contributed by atoms with van der Waals surface area (Å²) in [5, 5.41) is 0. The first-order valence-corrected chi connectivity index (χ1v) is 4.81. The van der Waals surface area contributed by atoms with E-state index in [1.54, 1.807) is 0 Å². The summed E-state index contributed by atoms with van der Waals surface area (Å²) < 4.78 is 7.44. The first-order valence-electron chi connectivity index (χ1n) is 4.81. The van der Waals surface area contributed by atoms with Crippen LogP contribution in [0.2, 0.25) is 0 Å². The quantitative estimate of drug-likeness (QED) is 0.650. The first-order chi connectivity index (χ1) is 6.25. The first kappa shape index (κ1) is 10.3. The molecule has 0 aliphatic carbocycles. The topological polar surface area (TPSA) is 27.1 Å². The molecule has 0 amide bonds. The van der Waals surface area contributed by atoms with Crippen LogP contribution in [-0.4, -0.2) is 22.8 Å². The van der Waals surface area contributed by atoms with E-state index in [0.29, 0.717) is 0 Å². The predicted molar refractivity (Wildman–Crippen MR) is 52.8 cm³/mol. The van der Waals surface area contributed by atoms with E-state index in [2.05, 4.69) is 16.5 Å². The minimum absolute atomic E-state index is 0.807. The molecule has 0 bridgehead atoms. The van der Waals surface area contributed by atoms with Crippen LogP contribution in [-0.2, 0) is 11.3 Å². The molecular formula is C10H18N2O. The highest BCUT2D eigenvalue weighted by Gasteiger charge is 2.00. The maximum absolute atomic E-state index is 5.27. The van der Waals surface area contributed by atoms with Crippen LogP contribution >= 0.6 is 0 Å². The molecule has 0 spiro atoms. The van der Waals surface area contributed by atoms with Crippen LogP contribution in [0.25, 0.3) is 0 Å². The minimum Gasteiger partial charge on any atom is -0.382 e. The van der Waals surface area contributed by atoms with Gasteiger partial charge in [0, 0.05) is 25.5 Å². The van der Waals surface area contributed by atoms with E-state index >= 15 is 0 Å². The molecule has 0 atom stereocenters. The Morgan fingerprint density at radius 2 is 2.23 bits per heavy atom. The molecule has 0 aromatic carbocycles. The third kappa shape index (κ3) is 2.84. The Morgan fingerprint density at radius 1 is 1.46 bits per heavy atom. The van der Waals surface area contributed by atoms with Gasteiger partial charge in [-0.2, -0.15) is 0 Å². The van der Waals surface area contributed by atoms with E-state index < -0.39 is 0 Å². The van der Waals surface area contributed by atoms with E-state index in [1.807, 2.05) is 20.2 Å². The molecule has 0 aliphatic rings. The molecule has 0 aliphatic heterocycles. The molecule has 1 heterocycles. The zero-order chi connectivity index (χ0) is 9.68. The summed E-state index contributed by atoms with van der Waals surface area (Å²) >= 11 is 0. The molecule has 1 rings (SSSR count). The van der Waals surface area contributed by atoms with Crippen molar-refractivity contribution in [3.63, 3.8) is 0 Å². The van der Waals surface area contributed by atoms with Gasteiger partial charge in [0.05, 0.1) is 12.0 Å². The van der Waals surface area contributed by atoms with Crippen LogP contribution in [0.4, 0.5) is 0 Å². The summed E-state index contributed by atoms with van der Waals surface area (Å²) in [5.41, 5.74) is 2.38. The smallest absolute Gasteiger partial charge is 0.0951 e. The average Bonchev–Trinajstić information content (AvgIpc) is 2.43. The second-order valence-electron chi connectivity index (χ2n) is 3.16. The molecule has 0 radical (unpaired) electrons. The zero-order valence-electron chi connectivity index (χ0n) is 8.71. The van der Waals surface area contributed by atoms with Gasteiger partial charge in [0.25, 0.3) is 0 Å². The largest absolute Gasteiger partial charge is 0.382 e. The second-order valence-corrected chi connectivity index (χ2v) is 3.16. The fraction of sp³-hybridized carbons (Fsp3) is 0.700. The van der Waals surface area contributed by atoms with E-state index in [4.69, 9.17) is 4.74 Å². The van der Waals surface area contributed by atoms with Gasteiger partial charge in [-0.1, -0.05) is 0 Å². The maximum Gasteiger partial charge on any atom is 0.0951 e. The van der Waals surface area contributed by atoms with Gasteiger partial charge in [-0.25, -0.2) is 4.98 Å². The molecule has 3 heteroatoms. The van der Waals surface area contributed by atoms with Crippen molar-refractivity contribution in [1.82, 2.24) is 9.55 Å². The Bertz CT molecular complexity index is 255. The third-order valence-corrected chi connectivity index (χ3v) is 2.24. The molecule has 74 valence electrons. The van der Waals surface area contributed by atoms with Crippen molar-refractivity contribution in [2.24, 2.45) is 0 Å². The van der Waals surface area contributed by atoms with Crippen LogP contribution in [0.15, 0.2) is 6.33 Å². The van der Waals surface area contributed by atoms with Gasteiger partial charge < -0.3 is 9.30 Å². The van der Waals surface area contributed by atoms with Crippen molar-refractivity contribution in [2.45, 2.75) is 33.7 Å². The molecule has 0 saturated carbocycles. The summed E-state index contributed by atoms with van der Waals surface area (Å²) in [5.74, 6) is 0. The molecule has 0 N–H and O–H groups in total. The van der Waals surface area contributed by atoms with E-state index in [0.717, 1.165) is 31.9 Å². The standard InChI is InChI=1S/C10H18N2O/c1-4-13-7-5-6-12-8-11-9(2)10(12)3/h8H,4-7H2,1-3H3. The predicted octanol–water partition coefficient (Wildman–Crippen LogP) is 1.93. The molecule has 0 saturated heterocycles. The van der Waals surface area contributed by atoms with Crippen molar-refractivity contribution in [1.29, 1.82) is 0 Å². The van der Waals surface area contributed by atoms with Crippen molar-refractivity contribution >= 4 is 0 Å². The number of nitrogens with zero attached hydrogens (tertiary/aromatic N) is 2. The lowest BCUT2D eigenvalue weighted by Crippen LogP contribution is -2.03. The lowest BCUT2D eigenvalue weighted by Gasteiger charge is -2.05. The molecular weight excluding hydrogens is 164 g/mol. The average molecular weight is 182 g/mol. The van der Waals surface area contributed by atoms with Crippen LogP contribution in [0.1, 0.15) is 24.7 Å². The normalized spacial score (nSPS) is 10.7. The number of hydrogen-bond acceptors (Lipinski definition) is 2. The SMILES string of the molecule is CCOCCCn1cnc(C)c1C. The van der Waals surface area contributed by atoms with Gasteiger partial charge in [0.15, 0.2) is 0 Å². The molecule has 0 unspecified atom stereocenters. The van der Waals surface area contributed by atoms with Gasteiger partial charge in [0.2, 0.25) is 0 Å². The number of rotatable bonds is 5. The molecule has 13 heavy (non-hydrogen) atoms. The number of imidazole rings is 1. The van der Waals surface area contributed by atoms with Crippen LogP contribution in [0, 0.1) is 13.8 Å². The third-order valence-electron chi connectivity index (χ3n) is 2.24. The van der Waals surface area contributed by atoms with Gasteiger partial charge >= 0.3 is 0 Å². The Hall–Kier alpha value is -0.830. The molecule has 1 aromatic rings. The Kier molecular flexibility index (Phi) is 3.96. The molecule has 3 nitrogen and oxygen atoms in total. The van der Waals surface area contributed by atoms with Crippen molar-refractivity contribution < 1.29 is 4.74 Å². The Labute approximate surface area is 79.7 Å². The van der Waals surface area contributed by atoms with E-state index in [-0.39, 0.29) is 0 Å². The lowest BCUT2D eigenvalue weighted by molar-refractivity contribution is 0.141. The lowest BCUT2D eigenvalue weighted by atomic mass is 10.3. The Balaban J connectivity index is 2.32. The number of ether oxygens (including phenoxy) is 1. The number of aromatic nitrogens is 2. The molecule has 0 fully saturated rings. The number of hydrogen-bond donors (Lipinski definition) is 0. The van der Waals surface area contributed by atoms with Crippen LogP contribution in [0.3, 0.4) is 0 Å². The molecule has 1 aromatic heterocycles. The monoisotopic (exact) mass is 182 g/mol. The van der Waals surface area contributed by atoms with Crippen LogP contribution < -0.4 is 0 Å². The van der Waals surface area contributed by atoms with Crippen LogP contribution in [0.5, 0.6) is 0 Å². The van der Waals surface area contributed by atoms with E-state index in [9.17, 15) is 0 Å². The summed E-state index contributed by atoms with van der Waals surface area (Å²) in [6, 6.07) is 0. The number of aryl methyl sites for hydroxylation is 2. The summed E-state index contributed by atoms with van der Waals surface area (Å²) in [7, 11) is 0. The second kappa shape index (κ2) is 5.02. The van der Waals surface area contributed by atoms with Gasteiger partial charge in [0.1, 0.15) is 0 Å². The Morgan fingerprint density at radius 3 is 2.77 bits per heavy atom. The van der Waals surface area contributed by atoms with Crippen molar-refractivity contribution in [3.05, 3.63) is 17.7 Å². The van der Waals surface area contributed by atoms with E-state index in [1.165, 1.54) is 5.69 Å². The minimum atomic E-state index is 0.807. The van der Waals surface area contributed by atoms with Crippen molar-refractivity contribution in [2.75, 3.05) is 13.2 Å².